The summed E-state index contributed by atoms with van der Waals surface area (Å²) in [6.07, 6.45) is 1.53. The van der Waals surface area contributed by atoms with E-state index in [0.29, 0.717) is 57.6 Å². The summed E-state index contributed by atoms with van der Waals surface area (Å²) in [6.45, 7) is 0. The van der Waals surface area contributed by atoms with E-state index in [0.717, 1.165) is 0 Å². The van der Waals surface area contributed by atoms with Crippen molar-refractivity contribution in [2.45, 2.75) is 25.0 Å². The van der Waals surface area contributed by atoms with E-state index in [-0.39, 0.29) is 11.7 Å². The van der Waals surface area contributed by atoms with Gasteiger partial charge in [0.1, 0.15) is 17.6 Å². The summed E-state index contributed by atoms with van der Waals surface area (Å²) in [5.41, 5.74) is 8.46. The van der Waals surface area contributed by atoms with Crippen molar-refractivity contribution < 1.29 is 24.2 Å². The number of carbonyl (C=O) groups is 2. The van der Waals surface area contributed by atoms with Crippen molar-refractivity contribution in [3.05, 3.63) is 139 Å². The lowest BCUT2D eigenvalue weighted by molar-refractivity contribution is -0.111. The molecule has 0 fully saturated rings. The highest BCUT2D eigenvalue weighted by molar-refractivity contribution is 6.01. The zero-order chi connectivity index (χ0) is 32.3. The van der Waals surface area contributed by atoms with Crippen LogP contribution in [0.15, 0.2) is 127 Å². The highest BCUT2D eigenvalue weighted by atomic mass is 16.6. The number of fused-ring (bicyclic) bond motifs is 1. The molecule has 2 atom stereocenters. The first-order valence-corrected chi connectivity index (χ1v) is 14.6. The lowest BCUT2D eigenvalue weighted by Gasteiger charge is -2.29. The molecular weight excluding hydrogens is 580 g/mol. The Morgan fingerprint density at radius 3 is 2.28 bits per heavy atom. The van der Waals surface area contributed by atoms with Crippen LogP contribution >= 0.6 is 0 Å². The van der Waals surface area contributed by atoms with Crippen LogP contribution in [0, 0.1) is 11.3 Å². The number of allylic oxidation sites excluding steroid dienone is 1. The quantitative estimate of drug-likeness (QED) is 0.0882. The number of carbonyl (C=O) groups excluding carboxylic acids is 2. The standard InChI is InChI=1S/C37H32N4O5/c38-24-25-18-20-26(21-19-25)40-37(44)46-36(30-22-23-33(42)29-13-5-4-12-28(29)30)34(45-27-10-2-1-3-11-27)16-8-9-17-35(43)41-32-15-7-6-14-31(32)39/h1-7,9-15,17-23,34,36,42H,8,16,39H2,(H,40,44)(H,41,43)/b17-9+/t34-,36-/m0/s1. The molecular formula is C37H32N4O5. The molecule has 0 aromatic heterocycles. The fraction of sp³-hybridized carbons (Fsp3) is 0.108. The third-order valence-corrected chi connectivity index (χ3v) is 7.21. The molecule has 0 radical (unpaired) electrons. The normalized spacial score (nSPS) is 12.2. The van der Waals surface area contributed by atoms with Crippen molar-refractivity contribution in [1.29, 1.82) is 5.26 Å². The van der Waals surface area contributed by atoms with Crippen LogP contribution in [0.5, 0.6) is 11.5 Å². The van der Waals surface area contributed by atoms with Gasteiger partial charge >= 0.3 is 6.09 Å². The Hall–Kier alpha value is -6.27. The fourth-order valence-corrected chi connectivity index (χ4v) is 4.97. The fourth-order valence-electron chi connectivity index (χ4n) is 4.97. The van der Waals surface area contributed by atoms with Gasteiger partial charge in [0.05, 0.1) is 23.0 Å². The molecule has 0 aliphatic heterocycles. The molecule has 9 nitrogen and oxygen atoms in total. The predicted molar refractivity (Wildman–Crippen MR) is 178 cm³/mol. The number of para-hydroxylation sites is 3. The van der Waals surface area contributed by atoms with E-state index in [9.17, 15) is 14.7 Å². The summed E-state index contributed by atoms with van der Waals surface area (Å²) >= 11 is 0. The van der Waals surface area contributed by atoms with E-state index < -0.39 is 18.3 Å². The Morgan fingerprint density at radius 2 is 1.54 bits per heavy atom. The number of amides is 2. The Morgan fingerprint density at radius 1 is 0.848 bits per heavy atom. The first kappa shape index (κ1) is 31.2. The summed E-state index contributed by atoms with van der Waals surface area (Å²) < 4.78 is 12.6. The number of nitrogens with zero attached hydrogens (tertiary/aromatic N) is 1. The van der Waals surface area contributed by atoms with Gasteiger partial charge in [0.2, 0.25) is 5.91 Å². The highest BCUT2D eigenvalue weighted by Gasteiger charge is 2.31. The van der Waals surface area contributed by atoms with Crippen LogP contribution in [0.4, 0.5) is 21.9 Å². The minimum atomic E-state index is -0.935. The van der Waals surface area contributed by atoms with Gasteiger partial charge in [-0.3, -0.25) is 10.1 Å². The summed E-state index contributed by atoms with van der Waals surface area (Å²) in [7, 11) is 0. The van der Waals surface area contributed by atoms with Crippen molar-refractivity contribution in [1.82, 2.24) is 0 Å². The number of aromatic hydroxyl groups is 1. The average molecular weight is 613 g/mol. The summed E-state index contributed by atoms with van der Waals surface area (Å²) in [4.78, 5) is 25.9. The van der Waals surface area contributed by atoms with Crippen LogP contribution in [0.2, 0.25) is 0 Å². The minimum Gasteiger partial charge on any atom is -0.507 e. The Bertz CT molecular complexity index is 1880. The maximum Gasteiger partial charge on any atom is 0.412 e. The number of hydrogen-bond donors (Lipinski definition) is 4. The number of anilines is 3. The first-order chi connectivity index (χ1) is 22.4. The molecule has 2 amide bonds. The van der Waals surface area contributed by atoms with E-state index in [1.807, 2.05) is 54.6 Å². The summed E-state index contributed by atoms with van der Waals surface area (Å²) in [5.74, 6) is 0.323. The monoisotopic (exact) mass is 612 g/mol. The van der Waals surface area contributed by atoms with Crippen molar-refractivity contribution in [3.8, 4) is 17.6 Å². The van der Waals surface area contributed by atoms with Gasteiger partial charge in [-0.15, -0.1) is 0 Å². The van der Waals surface area contributed by atoms with E-state index >= 15 is 0 Å². The predicted octanol–water partition coefficient (Wildman–Crippen LogP) is 7.71. The number of ether oxygens (including phenoxy) is 2. The molecule has 0 aliphatic rings. The van der Waals surface area contributed by atoms with Crippen molar-refractivity contribution in [2.24, 2.45) is 0 Å². The third kappa shape index (κ3) is 8.01. The molecule has 46 heavy (non-hydrogen) atoms. The lowest BCUT2D eigenvalue weighted by Crippen LogP contribution is -2.31. The Kier molecular flexibility index (Phi) is 10.1. The molecule has 0 saturated carbocycles. The maximum absolute atomic E-state index is 13.4. The number of rotatable bonds is 11. The molecule has 0 unspecified atom stereocenters. The van der Waals surface area contributed by atoms with Gasteiger partial charge < -0.3 is 25.6 Å². The summed E-state index contributed by atoms with van der Waals surface area (Å²) in [5, 5.41) is 26.5. The molecule has 5 rings (SSSR count). The molecule has 0 aliphatic carbocycles. The van der Waals surface area contributed by atoms with Crippen LogP contribution in [-0.2, 0) is 9.53 Å². The van der Waals surface area contributed by atoms with Crippen molar-refractivity contribution in [2.75, 3.05) is 16.4 Å². The van der Waals surface area contributed by atoms with E-state index in [4.69, 9.17) is 20.5 Å². The van der Waals surface area contributed by atoms with Gasteiger partial charge in [0, 0.05) is 16.6 Å². The number of nitrogens with one attached hydrogen (secondary N) is 2. The number of nitrogen functional groups attached to an aromatic ring is 1. The van der Waals surface area contributed by atoms with Crippen molar-refractivity contribution in [3.63, 3.8) is 0 Å². The second-order valence-electron chi connectivity index (χ2n) is 10.4. The van der Waals surface area contributed by atoms with E-state index in [2.05, 4.69) is 10.6 Å². The van der Waals surface area contributed by atoms with Crippen LogP contribution in [0.25, 0.3) is 10.8 Å². The van der Waals surface area contributed by atoms with Gasteiger partial charge in [-0.1, -0.05) is 66.7 Å². The van der Waals surface area contributed by atoms with Gasteiger partial charge in [0.25, 0.3) is 0 Å². The maximum atomic E-state index is 13.4. The number of phenolic OH excluding ortho intramolecular Hbond substituents is 1. The SMILES string of the molecule is N#Cc1ccc(NC(=O)O[C@@H](c2ccc(O)c3ccccc23)[C@H](CC/C=C/C(=O)Nc2ccccc2N)Oc2ccccc2)cc1. The smallest absolute Gasteiger partial charge is 0.412 e. The summed E-state index contributed by atoms with van der Waals surface area (Å²) in [6, 6.07) is 35.2. The van der Waals surface area contributed by atoms with Crippen molar-refractivity contribution >= 4 is 39.8 Å². The van der Waals surface area contributed by atoms with Crippen LogP contribution in [0.1, 0.15) is 30.1 Å². The van der Waals surface area contributed by atoms with Crippen LogP contribution in [-0.4, -0.2) is 23.2 Å². The number of phenols is 1. The average Bonchev–Trinajstić information content (AvgIpc) is 3.07. The van der Waals surface area contributed by atoms with Gasteiger partial charge in [-0.05, 0) is 78.9 Å². The first-order valence-electron chi connectivity index (χ1n) is 14.6. The molecule has 0 saturated heterocycles. The number of nitriles is 1. The molecule has 230 valence electrons. The van der Waals surface area contributed by atoms with Gasteiger partial charge in [0.15, 0.2) is 6.10 Å². The van der Waals surface area contributed by atoms with E-state index in [1.165, 1.54) is 6.08 Å². The van der Waals surface area contributed by atoms with Crippen LogP contribution in [0.3, 0.4) is 0 Å². The number of nitrogens with two attached hydrogens (primary N) is 1. The molecule has 0 bridgehead atoms. The second kappa shape index (κ2) is 14.9. The lowest BCUT2D eigenvalue weighted by atomic mass is 9.94. The Labute approximate surface area is 266 Å². The topological polar surface area (TPSA) is 147 Å². The van der Waals surface area contributed by atoms with Crippen LogP contribution < -0.4 is 21.1 Å². The molecule has 0 heterocycles. The zero-order valence-electron chi connectivity index (χ0n) is 24.8. The molecule has 0 spiro atoms. The highest BCUT2D eigenvalue weighted by Crippen LogP contribution is 2.36. The van der Waals surface area contributed by atoms with Gasteiger partial charge in [-0.2, -0.15) is 5.26 Å². The van der Waals surface area contributed by atoms with Gasteiger partial charge in [-0.25, -0.2) is 4.79 Å². The zero-order valence-corrected chi connectivity index (χ0v) is 24.8. The third-order valence-electron chi connectivity index (χ3n) is 7.21. The molecule has 5 aromatic rings. The largest absolute Gasteiger partial charge is 0.507 e. The minimum absolute atomic E-state index is 0.0914. The second-order valence-corrected chi connectivity index (χ2v) is 10.4. The number of hydrogen-bond acceptors (Lipinski definition) is 7. The Balaban J connectivity index is 1.43. The number of benzene rings is 5. The molecule has 5 aromatic carbocycles. The molecule has 9 heteroatoms. The molecule has 5 N–H and O–H groups in total. The van der Waals surface area contributed by atoms with E-state index in [1.54, 1.807) is 72.8 Å².